The second kappa shape index (κ2) is 9.81. The van der Waals surface area contributed by atoms with Crippen LogP contribution in [0.1, 0.15) is 42.6 Å². The van der Waals surface area contributed by atoms with Crippen LogP contribution in [0.3, 0.4) is 0 Å². The molecule has 0 saturated carbocycles. The third kappa shape index (κ3) is 5.19. The Labute approximate surface area is 192 Å². The minimum Gasteiger partial charge on any atom is -0.494 e. The molecule has 3 aliphatic rings. The summed E-state index contributed by atoms with van der Waals surface area (Å²) < 4.78 is 7.82. The SMILES string of the molecule is O=C1CCCCOc2ccc(cc2)-n2cnc3cnc(nc32)Cc2ccc(cc2)CCCN1. The summed E-state index contributed by atoms with van der Waals surface area (Å²) in [5, 5.41) is 3.02. The van der Waals surface area contributed by atoms with Gasteiger partial charge in [-0.3, -0.25) is 9.36 Å². The fourth-order valence-electron chi connectivity index (χ4n) is 4.01. The third-order valence-electron chi connectivity index (χ3n) is 5.87. The lowest BCUT2D eigenvalue weighted by atomic mass is 10.1. The number of hydrogen-bond donors (Lipinski definition) is 1. The van der Waals surface area contributed by atoms with Crippen molar-refractivity contribution in [2.75, 3.05) is 13.2 Å². The summed E-state index contributed by atoms with van der Waals surface area (Å²) in [5.41, 5.74) is 4.96. The first-order chi connectivity index (χ1) is 16.2. The number of nitrogens with one attached hydrogen (secondary N) is 1. The van der Waals surface area contributed by atoms with E-state index >= 15 is 0 Å². The van der Waals surface area contributed by atoms with Crippen LogP contribution >= 0.6 is 0 Å². The molecule has 0 fully saturated rings. The molecule has 6 bridgehead atoms. The van der Waals surface area contributed by atoms with Crippen LogP contribution in [0, 0.1) is 0 Å². The molecule has 0 unspecified atom stereocenters. The van der Waals surface area contributed by atoms with E-state index in [0.717, 1.165) is 59.7 Å². The molecular weight excluding hydrogens is 414 g/mol. The minimum absolute atomic E-state index is 0.112. The van der Waals surface area contributed by atoms with Gasteiger partial charge in [-0.1, -0.05) is 24.3 Å². The van der Waals surface area contributed by atoms with E-state index in [1.165, 1.54) is 5.56 Å². The number of fused-ring (bicyclic) bond motifs is 2. The molecule has 0 saturated heterocycles. The van der Waals surface area contributed by atoms with Gasteiger partial charge in [0.05, 0.1) is 12.8 Å². The predicted molar refractivity (Wildman–Crippen MR) is 127 cm³/mol. The normalized spacial score (nSPS) is 15.5. The van der Waals surface area contributed by atoms with Crippen LogP contribution in [0.25, 0.3) is 16.9 Å². The van der Waals surface area contributed by atoms with E-state index < -0.39 is 0 Å². The Balaban J connectivity index is 1.41. The van der Waals surface area contributed by atoms with E-state index in [4.69, 9.17) is 9.72 Å². The summed E-state index contributed by atoms with van der Waals surface area (Å²) in [7, 11) is 0. The fourth-order valence-corrected chi connectivity index (χ4v) is 4.01. The summed E-state index contributed by atoms with van der Waals surface area (Å²) >= 11 is 0. The average Bonchev–Trinajstić information content (AvgIpc) is 3.26. The van der Waals surface area contributed by atoms with Gasteiger partial charge in [0.2, 0.25) is 5.91 Å². The van der Waals surface area contributed by atoms with Crippen molar-refractivity contribution < 1.29 is 9.53 Å². The van der Waals surface area contributed by atoms with E-state index in [0.29, 0.717) is 26.0 Å². The molecule has 7 heteroatoms. The van der Waals surface area contributed by atoms with Crippen LogP contribution in [0.2, 0.25) is 0 Å². The Bertz CT molecular complexity index is 1230. The molecule has 5 heterocycles. The zero-order valence-electron chi connectivity index (χ0n) is 18.5. The van der Waals surface area contributed by atoms with Gasteiger partial charge in [-0.15, -0.1) is 0 Å². The van der Waals surface area contributed by atoms with Gasteiger partial charge in [0.1, 0.15) is 23.4 Å². The first-order valence-electron chi connectivity index (χ1n) is 11.5. The second-order valence-corrected chi connectivity index (χ2v) is 8.36. The maximum atomic E-state index is 12.0. The number of aromatic nitrogens is 4. The molecule has 2 aromatic carbocycles. The van der Waals surface area contributed by atoms with Gasteiger partial charge in [-0.2, -0.15) is 0 Å². The van der Waals surface area contributed by atoms with Crippen LogP contribution < -0.4 is 10.1 Å². The van der Waals surface area contributed by atoms with Crippen molar-refractivity contribution in [3.63, 3.8) is 0 Å². The van der Waals surface area contributed by atoms with Gasteiger partial charge in [0.25, 0.3) is 0 Å². The molecule has 2 aromatic heterocycles. The Hall–Kier alpha value is -3.74. The number of carbonyl (C=O) groups is 1. The van der Waals surface area contributed by atoms with Crippen LogP contribution in [0.4, 0.5) is 0 Å². The summed E-state index contributed by atoms with van der Waals surface area (Å²) in [6.07, 6.45) is 8.27. The predicted octanol–water partition coefficient (Wildman–Crippen LogP) is 4.02. The van der Waals surface area contributed by atoms with Crippen LogP contribution in [-0.4, -0.2) is 38.6 Å². The number of aryl methyl sites for hydroxylation is 1. The summed E-state index contributed by atoms with van der Waals surface area (Å²) in [6.45, 7) is 1.29. The number of ether oxygens (including phenoxy) is 1. The molecule has 4 aromatic rings. The van der Waals surface area contributed by atoms with Gasteiger partial charge in [-0.05, 0) is 61.1 Å². The highest BCUT2D eigenvalue weighted by molar-refractivity contribution is 5.75. The molecule has 7 rings (SSSR count). The smallest absolute Gasteiger partial charge is 0.219 e. The number of benzene rings is 2. The van der Waals surface area contributed by atoms with Crippen LogP contribution in [0.15, 0.2) is 61.1 Å². The number of imidazole rings is 1. The monoisotopic (exact) mass is 441 g/mol. The zero-order valence-corrected chi connectivity index (χ0v) is 18.5. The first-order valence-corrected chi connectivity index (χ1v) is 11.5. The van der Waals surface area contributed by atoms with Gasteiger partial charge in [-0.25, -0.2) is 15.0 Å². The molecule has 1 amide bonds. The van der Waals surface area contributed by atoms with Crippen molar-refractivity contribution in [2.45, 2.75) is 38.5 Å². The number of rotatable bonds is 0. The van der Waals surface area contributed by atoms with Gasteiger partial charge < -0.3 is 10.1 Å². The van der Waals surface area contributed by atoms with Gasteiger partial charge >= 0.3 is 0 Å². The van der Waals surface area contributed by atoms with Crippen molar-refractivity contribution in [3.05, 3.63) is 78.0 Å². The summed E-state index contributed by atoms with van der Waals surface area (Å²) in [5.74, 6) is 1.68. The largest absolute Gasteiger partial charge is 0.494 e. The molecule has 3 aliphatic heterocycles. The second-order valence-electron chi connectivity index (χ2n) is 8.36. The molecule has 7 nitrogen and oxygen atoms in total. The van der Waals surface area contributed by atoms with Crippen molar-refractivity contribution >= 4 is 17.1 Å². The Morgan fingerprint density at radius 1 is 0.879 bits per heavy atom. The molecule has 0 aliphatic carbocycles. The number of nitrogens with zero attached hydrogens (tertiary/aromatic N) is 4. The quantitative estimate of drug-likeness (QED) is 0.446. The highest BCUT2D eigenvalue weighted by Gasteiger charge is 2.10. The number of amides is 1. The van der Waals surface area contributed by atoms with Crippen molar-refractivity contribution in [1.82, 2.24) is 24.8 Å². The van der Waals surface area contributed by atoms with E-state index in [2.05, 4.69) is 39.6 Å². The average molecular weight is 442 g/mol. The topological polar surface area (TPSA) is 81.9 Å². The lowest BCUT2D eigenvalue weighted by Crippen LogP contribution is -2.24. The molecule has 168 valence electrons. The minimum atomic E-state index is 0.112. The van der Waals surface area contributed by atoms with Crippen molar-refractivity contribution in [3.8, 4) is 11.4 Å². The number of carbonyl (C=O) groups excluding carboxylic acids is 1. The van der Waals surface area contributed by atoms with Gasteiger partial charge in [0.15, 0.2) is 5.65 Å². The fraction of sp³-hybridized carbons (Fsp3) is 0.308. The maximum absolute atomic E-state index is 12.0. The third-order valence-corrected chi connectivity index (χ3v) is 5.87. The van der Waals surface area contributed by atoms with Gasteiger partial charge in [0, 0.05) is 25.1 Å². The van der Waals surface area contributed by atoms with E-state index in [1.54, 1.807) is 12.5 Å². The molecule has 0 radical (unpaired) electrons. The van der Waals surface area contributed by atoms with E-state index in [-0.39, 0.29) is 5.91 Å². The van der Waals surface area contributed by atoms with Crippen molar-refractivity contribution in [2.24, 2.45) is 0 Å². The van der Waals surface area contributed by atoms with E-state index in [1.807, 2.05) is 28.8 Å². The number of hydrogen-bond acceptors (Lipinski definition) is 5. The van der Waals surface area contributed by atoms with Crippen LogP contribution in [0.5, 0.6) is 5.75 Å². The molecule has 0 atom stereocenters. The molecule has 1 N–H and O–H groups in total. The Kier molecular flexibility index (Phi) is 6.28. The van der Waals surface area contributed by atoms with Crippen molar-refractivity contribution in [1.29, 1.82) is 0 Å². The highest BCUT2D eigenvalue weighted by atomic mass is 16.5. The van der Waals surface area contributed by atoms with Crippen LogP contribution in [-0.2, 0) is 17.6 Å². The summed E-state index contributed by atoms with van der Waals surface area (Å²) in [4.78, 5) is 25.8. The zero-order chi connectivity index (χ0) is 22.5. The molecule has 0 spiro atoms. The molecular formula is C26H27N5O2. The van der Waals surface area contributed by atoms with E-state index in [9.17, 15) is 4.79 Å². The lowest BCUT2D eigenvalue weighted by molar-refractivity contribution is -0.121. The molecule has 33 heavy (non-hydrogen) atoms. The Morgan fingerprint density at radius 3 is 2.55 bits per heavy atom. The Morgan fingerprint density at radius 2 is 1.70 bits per heavy atom. The summed E-state index contributed by atoms with van der Waals surface area (Å²) in [6, 6.07) is 16.5. The standard InChI is InChI=1S/C26H27N5O2/c32-25-5-1-2-15-33-22-12-10-21(11-13-22)31-18-29-23-17-28-24(30-26(23)31)16-20-8-6-19(7-9-20)4-3-14-27-25/h6-13,17-18H,1-5,14-16H2,(H,27,32). The maximum Gasteiger partial charge on any atom is 0.219 e. The first kappa shape index (κ1) is 21.1. The lowest BCUT2D eigenvalue weighted by Gasteiger charge is -2.09. The highest BCUT2D eigenvalue weighted by Crippen LogP contribution is 2.20.